The van der Waals surface area contributed by atoms with Crippen LogP contribution in [0.3, 0.4) is 0 Å². The zero-order chi connectivity index (χ0) is 17.2. The molecule has 0 unspecified atom stereocenters. The maximum Gasteiger partial charge on any atom is 0.270 e. The molecule has 0 atom stereocenters. The molecule has 1 aromatic heterocycles. The van der Waals surface area contributed by atoms with Gasteiger partial charge in [0.1, 0.15) is 5.69 Å². The van der Waals surface area contributed by atoms with Gasteiger partial charge in [-0.1, -0.05) is 49.6 Å². The molecular weight excluding hydrogens is 312 g/mol. The van der Waals surface area contributed by atoms with E-state index in [0.717, 1.165) is 31.2 Å². The lowest BCUT2D eigenvalue weighted by Crippen LogP contribution is -2.20. The third-order valence-corrected chi connectivity index (χ3v) is 5.01. The maximum absolute atomic E-state index is 12.6. The van der Waals surface area contributed by atoms with E-state index < -0.39 is 0 Å². The third-order valence-electron chi connectivity index (χ3n) is 5.01. The van der Waals surface area contributed by atoms with Crippen LogP contribution in [0.4, 0.5) is 0 Å². The van der Waals surface area contributed by atoms with Crippen molar-refractivity contribution in [3.63, 3.8) is 0 Å². The summed E-state index contributed by atoms with van der Waals surface area (Å²) in [6, 6.07) is 14.5. The Morgan fingerprint density at radius 3 is 2.48 bits per heavy atom. The monoisotopic (exact) mass is 332 g/mol. The van der Waals surface area contributed by atoms with Crippen LogP contribution in [0, 0.1) is 0 Å². The van der Waals surface area contributed by atoms with Crippen LogP contribution >= 0.6 is 0 Å². The fourth-order valence-electron chi connectivity index (χ4n) is 3.65. The van der Waals surface area contributed by atoms with Crippen molar-refractivity contribution < 1.29 is 4.79 Å². The lowest BCUT2D eigenvalue weighted by Gasteiger charge is -2.20. The number of carbonyl (C=O) groups excluding carboxylic acids is 1. The van der Waals surface area contributed by atoms with Crippen molar-refractivity contribution in [2.24, 2.45) is 0 Å². The standard InChI is InChI=1S/C21H20N2O2/c24-20(15-9-5-2-6-10-15)16-11-12-17-18(13-16)23-21(25)19(22-17)14-7-3-1-4-8-14/h2,5-6,9-14H,1,3-4,7-8H2,(H,23,25). The van der Waals surface area contributed by atoms with Crippen LogP contribution in [0.5, 0.6) is 0 Å². The van der Waals surface area contributed by atoms with E-state index in [2.05, 4.69) is 9.97 Å². The largest absolute Gasteiger partial charge is 0.319 e. The summed E-state index contributed by atoms with van der Waals surface area (Å²) in [5, 5.41) is 0. The number of benzene rings is 2. The van der Waals surface area contributed by atoms with E-state index >= 15 is 0 Å². The SMILES string of the molecule is O=C(c1ccccc1)c1ccc2nc(C3CCCCC3)c(=O)[nH]c2c1. The summed E-state index contributed by atoms with van der Waals surface area (Å²) >= 11 is 0. The normalized spacial score (nSPS) is 15.4. The van der Waals surface area contributed by atoms with E-state index in [4.69, 9.17) is 0 Å². The zero-order valence-electron chi connectivity index (χ0n) is 14.0. The van der Waals surface area contributed by atoms with Crippen LogP contribution in [-0.4, -0.2) is 15.8 Å². The van der Waals surface area contributed by atoms with Crippen LogP contribution in [-0.2, 0) is 0 Å². The summed E-state index contributed by atoms with van der Waals surface area (Å²) in [6.07, 6.45) is 5.63. The smallest absolute Gasteiger partial charge is 0.270 e. The number of H-pyrrole nitrogens is 1. The minimum Gasteiger partial charge on any atom is -0.319 e. The Labute approximate surface area is 145 Å². The van der Waals surface area contributed by atoms with Gasteiger partial charge in [-0.2, -0.15) is 0 Å². The van der Waals surface area contributed by atoms with Crippen LogP contribution in [0.2, 0.25) is 0 Å². The Kier molecular flexibility index (Phi) is 4.18. The fraction of sp³-hybridized carbons (Fsp3) is 0.286. The molecule has 1 fully saturated rings. The summed E-state index contributed by atoms with van der Waals surface area (Å²) in [6.45, 7) is 0. The van der Waals surface area contributed by atoms with Crippen molar-refractivity contribution in [1.82, 2.24) is 9.97 Å². The second-order valence-corrected chi connectivity index (χ2v) is 6.71. The molecule has 2 aromatic carbocycles. The molecule has 4 rings (SSSR count). The van der Waals surface area contributed by atoms with Gasteiger partial charge in [-0.3, -0.25) is 9.59 Å². The molecule has 3 aromatic rings. The Bertz CT molecular complexity index is 970. The Balaban J connectivity index is 1.72. The summed E-state index contributed by atoms with van der Waals surface area (Å²) in [7, 11) is 0. The number of carbonyl (C=O) groups is 1. The molecule has 1 N–H and O–H groups in total. The third kappa shape index (κ3) is 3.12. The lowest BCUT2D eigenvalue weighted by atomic mass is 9.87. The van der Waals surface area contributed by atoms with Crippen LogP contribution in [0.15, 0.2) is 53.3 Å². The van der Waals surface area contributed by atoms with Crippen LogP contribution in [0.25, 0.3) is 11.0 Å². The van der Waals surface area contributed by atoms with Gasteiger partial charge in [0.15, 0.2) is 5.78 Å². The van der Waals surface area contributed by atoms with Crippen LogP contribution < -0.4 is 5.56 Å². The average Bonchev–Trinajstić information content (AvgIpc) is 2.68. The molecule has 0 radical (unpaired) electrons. The molecule has 4 heteroatoms. The molecule has 1 heterocycles. The summed E-state index contributed by atoms with van der Waals surface area (Å²) in [5.74, 6) is 0.201. The number of ketones is 1. The second-order valence-electron chi connectivity index (χ2n) is 6.71. The number of hydrogen-bond donors (Lipinski definition) is 1. The molecule has 4 nitrogen and oxygen atoms in total. The maximum atomic E-state index is 12.6. The summed E-state index contributed by atoms with van der Waals surface area (Å²) in [4.78, 5) is 32.6. The summed E-state index contributed by atoms with van der Waals surface area (Å²) < 4.78 is 0. The van der Waals surface area contributed by atoms with Crippen molar-refractivity contribution in [3.8, 4) is 0 Å². The number of fused-ring (bicyclic) bond motifs is 1. The second kappa shape index (κ2) is 6.63. The molecule has 0 amide bonds. The van der Waals surface area contributed by atoms with Crippen molar-refractivity contribution >= 4 is 16.8 Å². The highest BCUT2D eigenvalue weighted by atomic mass is 16.1. The first kappa shape index (κ1) is 15.8. The highest BCUT2D eigenvalue weighted by molar-refractivity contribution is 6.10. The highest BCUT2D eigenvalue weighted by Gasteiger charge is 2.20. The van der Waals surface area contributed by atoms with Crippen molar-refractivity contribution in [1.29, 1.82) is 0 Å². The first-order valence-corrected chi connectivity index (χ1v) is 8.86. The van der Waals surface area contributed by atoms with Gasteiger partial charge in [-0.05, 0) is 31.0 Å². The number of nitrogens with zero attached hydrogens (tertiary/aromatic N) is 1. The topological polar surface area (TPSA) is 62.8 Å². The van der Waals surface area contributed by atoms with Gasteiger partial charge in [0.25, 0.3) is 5.56 Å². The van der Waals surface area contributed by atoms with E-state index in [1.54, 1.807) is 24.3 Å². The Morgan fingerprint density at radius 2 is 1.72 bits per heavy atom. The van der Waals surface area contributed by atoms with Gasteiger partial charge < -0.3 is 4.98 Å². The van der Waals surface area contributed by atoms with Gasteiger partial charge in [0.2, 0.25) is 0 Å². The van der Waals surface area contributed by atoms with E-state index in [0.29, 0.717) is 22.3 Å². The van der Waals surface area contributed by atoms with E-state index in [1.165, 1.54) is 6.42 Å². The molecule has 25 heavy (non-hydrogen) atoms. The van der Waals surface area contributed by atoms with E-state index in [9.17, 15) is 9.59 Å². The first-order valence-electron chi connectivity index (χ1n) is 8.86. The molecule has 1 saturated carbocycles. The van der Waals surface area contributed by atoms with Crippen molar-refractivity contribution in [2.45, 2.75) is 38.0 Å². The minimum atomic E-state index is -0.122. The number of hydrogen-bond acceptors (Lipinski definition) is 3. The first-order chi connectivity index (χ1) is 12.2. The van der Waals surface area contributed by atoms with Gasteiger partial charge >= 0.3 is 0 Å². The molecule has 1 aliphatic carbocycles. The Hall–Kier alpha value is -2.75. The molecule has 0 bridgehead atoms. The molecule has 1 aliphatic rings. The van der Waals surface area contributed by atoms with Crippen molar-refractivity contribution in [2.75, 3.05) is 0 Å². The van der Waals surface area contributed by atoms with Gasteiger partial charge in [0.05, 0.1) is 11.0 Å². The van der Waals surface area contributed by atoms with Gasteiger partial charge in [-0.15, -0.1) is 0 Å². The number of rotatable bonds is 3. The molecule has 0 spiro atoms. The van der Waals surface area contributed by atoms with Crippen molar-refractivity contribution in [3.05, 3.63) is 75.7 Å². The zero-order valence-corrected chi connectivity index (χ0v) is 14.0. The number of nitrogens with one attached hydrogen (secondary N) is 1. The molecule has 0 aliphatic heterocycles. The lowest BCUT2D eigenvalue weighted by molar-refractivity contribution is 0.103. The van der Waals surface area contributed by atoms with Gasteiger partial charge in [0, 0.05) is 17.0 Å². The molecular formula is C21H20N2O2. The number of aromatic nitrogens is 2. The predicted octanol–water partition coefficient (Wildman–Crippen LogP) is 4.20. The predicted molar refractivity (Wildman–Crippen MR) is 98.1 cm³/mol. The summed E-state index contributed by atoms with van der Waals surface area (Å²) in [5.41, 5.74) is 3.08. The molecule has 126 valence electrons. The minimum absolute atomic E-state index is 0.0558. The highest BCUT2D eigenvalue weighted by Crippen LogP contribution is 2.30. The fourth-order valence-corrected chi connectivity index (χ4v) is 3.65. The average molecular weight is 332 g/mol. The Morgan fingerprint density at radius 1 is 0.960 bits per heavy atom. The van der Waals surface area contributed by atoms with Gasteiger partial charge in [-0.25, -0.2) is 4.98 Å². The van der Waals surface area contributed by atoms with Crippen LogP contribution in [0.1, 0.15) is 59.6 Å². The number of aromatic amines is 1. The van der Waals surface area contributed by atoms with E-state index in [1.807, 2.05) is 24.3 Å². The molecule has 0 saturated heterocycles. The van der Waals surface area contributed by atoms with E-state index in [-0.39, 0.29) is 17.3 Å². The quantitative estimate of drug-likeness (QED) is 0.731.